The largest absolute Gasteiger partial charge is 0.299 e. The molecule has 3 nitrogen and oxygen atoms in total. The lowest BCUT2D eigenvalue weighted by molar-refractivity contribution is -0.117. The van der Waals surface area contributed by atoms with E-state index >= 15 is 0 Å². The third-order valence-corrected chi connectivity index (χ3v) is 7.38. The molecule has 2 aliphatic rings. The van der Waals surface area contributed by atoms with Gasteiger partial charge < -0.3 is 0 Å². The maximum Gasteiger partial charge on any atom is 0.141 e. The molecule has 1 saturated heterocycles. The summed E-state index contributed by atoms with van der Waals surface area (Å²) >= 11 is 0. The molecule has 35 heavy (non-hydrogen) atoms. The second kappa shape index (κ2) is 11.8. The van der Waals surface area contributed by atoms with Gasteiger partial charge in [0.05, 0.1) is 0 Å². The number of nitrogens with zero attached hydrogens (tertiary/aromatic N) is 2. The second-order valence-electron chi connectivity index (χ2n) is 10.6. The lowest BCUT2D eigenvalue weighted by atomic mass is 9.81. The molecule has 0 spiro atoms. The third kappa shape index (κ3) is 6.46. The highest BCUT2D eigenvalue weighted by Gasteiger charge is 2.34. The number of aliphatic imine (C=N–C) groups is 1. The fourth-order valence-electron chi connectivity index (χ4n) is 5.72. The van der Waals surface area contributed by atoms with E-state index < -0.39 is 0 Å². The molecule has 0 saturated carbocycles. The van der Waals surface area contributed by atoms with E-state index in [1.807, 2.05) is 30.3 Å². The monoisotopic (exact) mass is 472 g/mol. The molecule has 4 rings (SSSR count). The normalized spacial score (nSPS) is 23.4. The van der Waals surface area contributed by atoms with E-state index in [0.717, 1.165) is 36.9 Å². The molecule has 2 aromatic rings. The van der Waals surface area contributed by atoms with Crippen molar-refractivity contribution < 1.29 is 7.65 Å². The molecule has 3 unspecified atom stereocenters. The van der Waals surface area contributed by atoms with Crippen molar-refractivity contribution in [1.29, 1.82) is 0 Å². The first-order chi connectivity index (χ1) is 16.9. The molecule has 1 fully saturated rings. The summed E-state index contributed by atoms with van der Waals surface area (Å²) in [6.07, 6.45) is 10.8. The Hall–Kier alpha value is -2.78. The van der Waals surface area contributed by atoms with E-state index in [1.54, 1.807) is 0 Å². The predicted molar refractivity (Wildman–Crippen MR) is 151 cm³/mol. The maximum absolute atomic E-state index is 12.8. The number of carbonyl (C=O) groups excluding carboxylic acids is 1. The summed E-state index contributed by atoms with van der Waals surface area (Å²) in [6.45, 7) is 10.0. The highest BCUT2D eigenvalue weighted by atomic mass is 16.1. The SMILES string of the molecule is C/C=C\C1=C(C2CCN(C(C)C)C(c3cccc(CC(=O)Cc4ccccc4)c3)C2)N=CC(C)C1.[HH].[HH]. The van der Waals surface area contributed by atoms with Crippen LogP contribution >= 0.6 is 0 Å². The Labute approximate surface area is 214 Å². The van der Waals surface area contributed by atoms with Gasteiger partial charge in [-0.1, -0.05) is 73.7 Å². The van der Waals surface area contributed by atoms with E-state index in [1.165, 1.54) is 16.8 Å². The molecule has 0 bridgehead atoms. The zero-order valence-corrected chi connectivity index (χ0v) is 21.8. The Morgan fingerprint density at radius 3 is 2.60 bits per heavy atom. The average Bonchev–Trinajstić information content (AvgIpc) is 2.85. The van der Waals surface area contributed by atoms with Crippen molar-refractivity contribution in [2.75, 3.05) is 6.54 Å². The van der Waals surface area contributed by atoms with Crippen LogP contribution in [0.1, 0.15) is 72.5 Å². The van der Waals surface area contributed by atoms with Crippen LogP contribution in [0, 0.1) is 11.8 Å². The first-order valence-electron chi connectivity index (χ1n) is 13.2. The summed E-state index contributed by atoms with van der Waals surface area (Å²) in [4.78, 5) is 20.4. The number of ketones is 1. The molecule has 3 heteroatoms. The molecule has 2 aliphatic heterocycles. The number of hydrogen-bond donors (Lipinski definition) is 0. The maximum atomic E-state index is 12.8. The Morgan fingerprint density at radius 1 is 1.11 bits per heavy atom. The zero-order chi connectivity index (χ0) is 24.8. The summed E-state index contributed by atoms with van der Waals surface area (Å²) in [5.74, 6) is 1.23. The van der Waals surface area contributed by atoms with Crippen molar-refractivity contribution in [3.8, 4) is 0 Å². The smallest absolute Gasteiger partial charge is 0.141 e. The van der Waals surface area contributed by atoms with E-state index in [4.69, 9.17) is 4.99 Å². The van der Waals surface area contributed by atoms with Crippen LogP contribution in [0.3, 0.4) is 0 Å². The topological polar surface area (TPSA) is 32.7 Å². The lowest BCUT2D eigenvalue weighted by Crippen LogP contribution is -2.41. The Balaban J connectivity index is 0.00000241. The van der Waals surface area contributed by atoms with Crippen molar-refractivity contribution in [2.24, 2.45) is 16.8 Å². The van der Waals surface area contributed by atoms with E-state index in [0.29, 0.717) is 36.8 Å². The molecule has 0 amide bonds. The summed E-state index contributed by atoms with van der Waals surface area (Å²) in [5, 5.41) is 0. The van der Waals surface area contributed by atoms with Crippen molar-refractivity contribution in [1.82, 2.24) is 4.90 Å². The van der Waals surface area contributed by atoms with Crippen LogP contribution < -0.4 is 0 Å². The summed E-state index contributed by atoms with van der Waals surface area (Å²) in [5.41, 5.74) is 6.23. The Morgan fingerprint density at radius 2 is 1.86 bits per heavy atom. The van der Waals surface area contributed by atoms with Crippen molar-refractivity contribution in [2.45, 2.75) is 71.9 Å². The quantitative estimate of drug-likeness (QED) is 0.395. The van der Waals surface area contributed by atoms with Crippen LogP contribution in [-0.2, 0) is 17.6 Å². The van der Waals surface area contributed by atoms with Gasteiger partial charge in [-0.3, -0.25) is 14.7 Å². The number of rotatable bonds is 8. The number of carbonyl (C=O) groups is 1. The van der Waals surface area contributed by atoms with Crippen molar-refractivity contribution in [3.05, 3.63) is 94.7 Å². The molecular formula is C32H44N2O. The molecule has 2 aromatic carbocycles. The van der Waals surface area contributed by atoms with Crippen LogP contribution in [0.4, 0.5) is 0 Å². The summed E-state index contributed by atoms with van der Waals surface area (Å²) < 4.78 is 0. The molecule has 3 atom stereocenters. The minimum atomic E-state index is 0. The Bertz CT molecular complexity index is 1110. The van der Waals surface area contributed by atoms with Gasteiger partial charge in [0, 0.05) is 45.6 Å². The van der Waals surface area contributed by atoms with E-state index in [9.17, 15) is 4.79 Å². The van der Waals surface area contributed by atoms with Crippen LogP contribution in [0.25, 0.3) is 0 Å². The van der Waals surface area contributed by atoms with E-state index in [-0.39, 0.29) is 8.64 Å². The summed E-state index contributed by atoms with van der Waals surface area (Å²) in [6, 6.07) is 19.6. The highest BCUT2D eigenvalue weighted by molar-refractivity contribution is 5.83. The number of Topliss-reactive ketones (excluding diaryl/α,β-unsaturated/α-hetero) is 1. The average molecular weight is 473 g/mol. The first-order valence-corrected chi connectivity index (χ1v) is 13.2. The highest BCUT2D eigenvalue weighted by Crippen LogP contribution is 2.41. The van der Waals surface area contributed by atoms with Gasteiger partial charge in [0.1, 0.15) is 5.78 Å². The van der Waals surface area contributed by atoms with Crippen LogP contribution in [0.5, 0.6) is 0 Å². The van der Waals surface area contributed by atoms with Crippen molar-refractivity contribution >= 4 is 12.0 Å². The molecule has 188 valence electrons. The van der Waals surface area contributed by atoms with Crippen LogP contribution in [0.2, 0.25) is 0 Å². The van der Waals surface area contributed by atoms with Crippen LogP contribution in [0.15, 0.2) is 83.0 Å². The fourth-order valence-corrected chi connectivity index (χ4v) is 5.72. The van der Waals surface area contributed by atoms with Gasteiger partial charge in [0.15, 0.2) is 0 Å². The zero-order valence-electron chi connectivity index (χ0n) is 21.8. The van der Waals surface area contributed by atoms with Gasteiger partial charge >= 0.3 is 0 Å². The molecule has 0 radical (unpaired) electrons. The van der Waals surface area contributed by atoms with E-state index in [2.05, 4.69) is 75.2 Å². The molecule has 0 aliphatic carbocycles. The van der Waals surface area contributed by atoms with Gasteiger partial charge in [0.25, 0.3) is 0 Å². The fraction of sp³-hybridized carbons (Fsp3) is 0.438. The number of piperidine rings is 1. The van der Waals surface area contributed by atoms with Gasteiger partial charge in [0.2, 0.25) is 0 Å². The molecular weight excluding hydrogens is 428 g/mol. The van der Waals surface area contributed by atoms with Gasteiger partial charge in [-0.15, -0.1) is 0 Å². The Kier molecular flexibility index (Phi) is 8.51. The third-order valence-electron chi connectivity index (χ3n) is 7.38. The van der Waals surface area contributed by atoms with Crippen molar-refractivity contribution in [3.63, 3.8) is 0 Å². The molecule has 2 heterocycles. The minimum absolute atomic E-state index is 0. The predicted octanol–water partition coefficient (Wildman–Crippen LogP) is 7.64. The lowest BCUT2D eigenvalue weighted by Gasteiger charge is -2.43. The number of likely N-dealkylation sites (tertiary alicyclic amines) is 1. The van der Waals surface area contributed by atoms with Crippen LogP contribution in [-0.4, -0.2) is 29.5 Å². The molecule has 0 N–H and O–H groups in total. The minimum Gasteiger partial charge on any atom is -0.299 e. The standard InChI is InChI=1S/C32H40N2O.2H2/c1-5-10-28-17-24(4)22-33-32(28)29-15-16-34(23(2)3)31(21-29)27-14-9-13-26(18-27)20-30(35)19-25-11-7-6-8-12-25;;/h5-14,18,22-24,29,31H,15-17,19-21H2,1-4H3;2*1H/b10-5-;;. The summed E-state index contributed by atoms with van der Waals surface area (Å²) in [7, 11) is 0. The van der Waals surface area contributed by atoms with Gasteiger partial charge in [-0.2, -0.15) is 0 Å². The van der Waals surface area contributed by atoms with Gasteiger partial charge in [-0.25, -0.2) is 0 Å². The number of allylic oxidation sites excluding steroid dienone is 4. The first kappa shape index (κ1) is 25.3. The number of benzene rings is 2. The number of hydrogen-bond acceptors (Lipinski definition) is 3. The van der Waals surface area contributed by atoms with Gasteiger partial charge in [-0.05, 0) is 74.8 Å². The second-order valence-corrected chi connectivity index (χ2v) is 10.6. The molecule has 0 aromatic heterocycles.